The van der Waals surface area contributed by atoms with Gasteiger partial charge in [0.15, 0.2) is 0 Å². The molecular formula is C15H11Cl2NOS. The molecule has 1 heterocycles. The number of amides is 1. The minimum absolute atomic E-state index is 0.106. The highest BCUT2D eigenvalue weighted by Gasteiger charge is 2.36. The summed E-state index contributed by atoms with van der Waals surface area (Å²) in [5.41, 5.74) is 1.74. The van der Waals surface area contributed by atoms with E-state index in [1.165, 1.54) is 0 Å². The Hall–Kier alpha value is -1.16. The van der Waals surface area contributed by atoms with Crippen molar-refractivity contribution in [3.8, 4) is 0 Å². The molecule has 1 aliphatic carbocycles. The molecule has 20 heavy (non-hydrogen) atoms. The number of carbonyl (C=O) groups excluding carboxylic acids is 1. The van der Waals surface area contributed by atoms with Crippen LogP contribution in [0.2, 0.25) is 5.02 Å². The molecule has 2 unspecified atom stereocenters. The van der Waals surface area contributed by atoms with E-state index in [0.717, 1.165) is 11.3 Å². The summed E-state index contributed by atoms with van der Waals surface area (Å²) in [6.45, 7) is 0. The SMILES string of the molecule is O=C(Nc1ccc(Cl)cc1)C1SC2C=CC=CC2=C1Cl. The first kappa shape index (κ1) is 13.8. The van der Waals surface area contributed by atoms with E-state index < -0.39 is 0 Å². The highest BCUT2D eigenvalue weighted by Crippen LogP contribution is 2.43. The Bertz CT molecular complexity index is 634. The van der Waals surface area contributed by atoms with Crippen LogP contribution in [0.5, 0.6) is 0 Å². The van der Waals surface area contributed by atoms with Gasteiger partial charge in [-0.2, -0.15) is 0 Å². The van der Waals surface area contributed by atoms with Gasteiger partial charge < -0.3 is 5.32 Å². The van der Waals surface area contributed by atoms with Crippen LogP contribution >= 0.6 is 35.0 Å². The Kier molecular flexibility index (Phi) is 3.92. The number of halogens is 2. The Morgan fingerprint density at radius 3 is 2.60 bits per heavy atom. The Morgan fingerprint density at radius 1 is 1.15 bits per heavy atom. The number of carbonyl (C=O) groups is 1. The number of rotatable bonds is 2. The van der Waals surface area contributed by atoms with Crippen LogP contribution in [0.1, 0.15) is 0 Å². The first-order valence-electron chi connectivity index (χ1n) is 6.11. The summed E-state index contributed by atoms with van der Waals surface area (Å²) in [6.07, 6.45) is 7.94. The fourth-order valence-electron chi connectivity index (χ4n) is 2.13. The number of fused-ring (bicyclic) bond motifs is 1. The van der Waals surface area contributed by atoms with Crippen molar-refractivity contribution in [2.75, 3.05) is 5.32 Å². The van der Waals surface area contributed by atoms with E-state index in [9.17, 15) is 4.79 Å². The zero-order valence-electron chi connectivity index (χ0n) is 10.3. The molecule has 0 saturated carbocycles. The molecule has 0 saturated heterocycles. The molecule has 0 spiro atoms. The van der Waals surface area contributed by atoms with E-state index in [0.29, 0.717) is 10.1 Å². The molecule has 1 aromatic carbocycles. The molecule has 102 valence electrons. The molecular weight excluding hydrogens is 313 g/mol. The lowest BCUT2D eigenvalue weighted by Gasteiger charge is -2.12. The van der Waals surface area contributed by atoms with Gasteiger partial charge in [0.25, 0.3) is 0 Å². The number of thioether (sulfide) groups is 1. The first-order valence-corrected chi connectivity index (χ1v) is 7.81. The largest absolute Gasteiger partial charge is 0.325 e. The zero-order chi connectivity index (χ0) is 14.1. The van der Waals surface area contributed by atoms with Gasteiger partial charge in [-0.3, -0.25) is 4.79 Å². The third-order valence-corrected chi connectivity index (χ3v) is 5.36. The molecule has 2 atom stereocenters. The van der Waals surface area contributed by atoms with Crippen molar-refractivity contribution in [3.63, 3.8) is 0 Å². The number of nitrogens with one attached hydrogen (secondary N) is 1. The van der Waals surface area contributed by atoms with Crippen LogP contribution < -0.4 is 5.32 Å². The maximum absolute atomic E-state index is 12.3. The number of hydrogen-bond donors (Lipinski definition) is 1. The highest BCUT2D eigenvalue weighted by molar-refractivity contribution is 8.02. The number of anilines is 1. The molecule has 0 radical (unpaired) electrons. The average Bonchev–Trinajstić information content (AvgIpc) is 2.79. The molecule has 3 rings (SSSR count). The quantitative estimate of drug-likeness (QED) is 0.875. The van der Waals surface area contributed by atoms with Crippen LogP contribution in [0.25, 0.3) is 0 Å². The fourth-order valence-corrected chi connectivity index (χ4v) is 4.02. The second-order valence-electron chi connectivity index (χ2n) is 4.48. The summed E-state index contributed by atoms with van der Waals surface area (Å²) in [7, 11) is 0. The number of allylic oxidation sites excluding steroid dienone is 3. The van der Waals surface area contributed by atoms with E-state index in [1.807, 2.05) is 18.2 Å². The van der Waals surface area contributed by atoms with Crippen LogP contribution in [-0.2, 0) is 4.79 Å². The molecule has 2 nitrogen and oxygen atoms in total. The van der Waals surface area contributed by atoms with Crippen molar-refractivity contribution in [2.24, 2.45) is 0 Å². The average molecular weight is 324 g/mol. The third-order valence-electron chi connectivity index (χ3n) is 3.12. The van der Waals surface area contributed by atoms with E-state index in [2.05, 4.69) is 11.4 Å². The van der Waals surface area contributed by atoms with Gasteiger partial charge in [-0.05, 0) is 29.8 Å². The van der Waals surface area contributed by atoms with Crippen molar-refractivity contribution in [1.82, 2.24) is 0 Å². The van der Waals surface area contributed by atoms with Crippen LogP contribution in [0.3, 0.4) is 0 Å². The molecule has 1 N–H and O–H groups in total. The van der Waals surface area contributed by atoms with Gasteiger partial charge in [-0.15, -0.1) is 11.8 Å². The topological polar surface area (TPSA) is 29.1 Å². The molecule has 1 aliphatic heterocycles. The minimum atomic E-state index is -0.361. The minimum Gasteiger partial charge on any atom is -0.325 e. The lowest BCUT2D eigenvalue weighted by molar-refractivity contribution is -0.115. The standard InChI is InChI=1S/C15H11Cl2NOS/c16-9-5-7-10(8-6-9)18-15(19)14-13(17)11-3-1-2-4-12(11)20-14/h1-8,12,14H,(H,18,19). The second kappa shape index (κ2) is 5.68. The maximum Gasteiger partial charge on any atom is 0.242 e. The van der Waals surface area contributed by atoms with Crippen LogP contribution in [-0.4, -0.2) is 16.4 Å². The van der Waals surface area contributed by atoms with Crippen LogP contribution in [0, 0.1) is 0 Å². The molecule has 1 aromatic rings. The summed E-state index contributed by atoms with van der Waals surface area (Å²) >= 11 is 13.7. The monoisotopic (exact) mass is 323 g/mol. The number of benzene rings is 1. The molecule has 5 heteroatoms. The van der Waals surface area contributed by atoms with Gasteiger partial charge in [0, 0.05) is 15.7 Å². The van der Waals surface area contributed by atoms with E-state index in [4.69, 9.17) is 23.2 Å². The predicted molar refractivity (Wildman–Crippen MR) is 86.4 cm³/mol. The zero-order valence-corrected chi connectivity index (χ0v) is 12.7. The normalized spacial score (nSPS) is 23.9. The lowest BCUT2D eigenvalue weighted by atomic mass is 10.1. The van der Waals surface area contributed by atoms with Gasteiger partial charge in [0.1, 0.15) is 5.25 Å². The molecule has 0 fully saturated rings. The van der Waals surface area contributed by atoms with E-state index in [-0.39, 0.29) is 16.4 Å². The van der Waals surface area contributed by atoms with Crippen molar-refractivity contribution in [1.29, 1.82) is 0 Å². The smallest absolute Gasteiger partial charge is 0.242 e. The summed E-state index contributed by atoms with van der Waals surface area (Å²) in [5, 5.41) is 3.94. The van der Waals surface area contributed by atoms with Crippen LogP contribution in [0.4, 0.5) is 5.69 Å². The summed E-state index contributed by atoms with van der Waals surface area (Å²) in [5.74, 6) is -0.106. The van der Waals surface area contributed by atoms with Gasteiger partial charge in [-0.25, -0.2) is 0 Å². The lowest BCUT2D eigenvalue weighted by Crippen LogP contribution is -2.24. The number of hydrogen-bond acceptors (Lipinski definition) is 2. The Labute approximate surface area is 131 Å². The summed E-state index contributed by atoms with van der Waals surface area (Å²) < 4.78 is 0. The summed E-state index contributed by atoms with van der Waals surface area (Å²) in [6, 6.07) is 7.02. The molecule has 0 aromatic heterocycles. The van der Waals surface area contributed by atoms with Crippen LogP contribution in [0.15, 0.2) is 59.2 Å². The van der Waals surface area contributed by atoms with Crippen molar-refractivity contribution in [3.05, 3.63) is 64.2 Å². The molecule has 0 bridgehead atoms. The molecule has 2 aliphatic rings. The van der Waals surface area contributed by atoms with E-state index in [1.54, 1.807) is 36.0 Å². The van der Waals surface area contributed by atoms with Crippen molar-refractivity contribution < 1.29 is 4.79 Å². The van der Waals surface area contributed by atoms with Crippen molar-refractivity contribution in [2.45, 2.75) is 10.5 Å². The predicted octanol–water partition coefficient (Wildman–Crippen LogP) is 4.38. The molecule has 1 amide bonds. The van der Waals surface area contributed by atoms with Gasteiger partial charge in [-0.1, -0.05) is 47.5 Å². The highest BCUT2D eigenvalue weighted by atomic mass is 35.5. The Balaban J connectivity index is 1.76. The second-order valence-corrected chi connectivity index (χ2v) is 6.58. The van der Waals surface area contributed by atoms with Gasteiger partial charge in [0.2, 0.25) is 5.91 Å². The van der Waals surface area contributed by atoms with E-state index >= 15 is 0 Å². The fraction of sp³-hybridized carbons (Fsp3) is 0.133. The Morgan fingerprint density at radius 2 is 1.90 bits per heavy atom. The third kappa shape index (κ3) is 2.66. The van der Waals surface area contributed by atoms with Gasteiger partial charge in [0.05, 0.1) is 5.25 Å². The van der Waals surface area contributed by atoms with Gasteiger partial charge >= 0.3 is 0 Å². The maximum atomic E-state index is 12.3. The summed E-state index contributed by atoms with van der Waals surface area (Å²) in [4.78, 5) is 12.3. The van der Waals surface area contributed by atoms with Crippen molar-refractivity contribution >= 4 is 46.6 Å². The first-order chi connectivity index (χ1) is 9.65.